The fourth-order valence-electron chi connectivity index (χ4n) is 3.29. The van der Waals surface area contributed by atoms with Crippen molar-refractivity contribution in [3.8, 4) is 11.5 Å². The molecule has 0 atom stereocenters. The molecule has 0 saturated carbocycles. The number of ether oxygens (including phenoxy) is 1. The number of amides is 1. The molecule has 1 aliphatic heterocycles. The number of sulfonamides is 1. The molecule has 0 radical (unpaired) electrons. The summed E-state index contributed by atoms with van der Waals surface area (Å²) in [5, 5.41) is 0. The largest absolute Gasteiger partial charge is 0.453 e. The average Bonchev–Trinajstić information content (AvgIpc) is 2.76. The van der Waals surface area contributed by atoms with Gasteiger partial charge in [-0.1, -0.05) is 6.07 Å². The van der Waals surface area contributed by atoms with Gasteiger partial charge in [0.25, 0.3) is 15.9 Å². The summed E-state index contributed by atoms with van der Waals surface area (Å²) in [6, 6.07) is 13.1. The highest BCUT2D eigenvalue weighted by molar-refractivity contribution is 7.92. The summed E-state index contributed by atoms with van der Waals surface area (Å²) in [5.41, 5.74) is 2.50. The molecular formula is C21H19N3O4S. The summed E-state index contributed by atoms with van der Waals surface area (Å²) in [5.74, 6) is 0.664. The Morgan fingerprint density at radius 3 is 2.45 bits per heavy atom. The van der Waals surface area contributed by atoms with Gasteiger partial charge in [0.1, 0.15) is 5.75 Å². The van der Waals surface area contributed by atoms with Crippen LogP contribution in [-0.2, 0) is 10.0 Å². The van der Waals surface area contributed by atoms with Crippen LogP contribution in [0.2, 0.25) is 0 Å². The third kappa shape index (κ3) is 3.54. The predicted molar refractivity (Wildman–Crippen MR) is 110 cm³/mol. The SMILES string of the molecule is Cc1cc(C)cc(NS(=O)(=O)c2ccc3c(c2)C(=O)N(C)c2ncccc2O3)c1. The van der Waals surface area contributed by atoms with Gasteiger partial charge < -0.3 is 4.74 Å². The zero-order valence-corrected chi connectivity index (χ0v) is 16.9. The molecule has 29 heavy (non-hydrogen) atoms. The van der Waals surface area contributed by atoms with E-state index >= 15 is 0 Å². The maximum atomic E-state index is 12.9. The predicted octanol–water partition coefficient (Wildman–Crippen LogP) is 3.88. The first-order valence-corrected chi connectivity index (χ1v) is 10.4. The van der Waals surface area contributed by atoms with Gasteiger partial charge >= 0.3 is 0 Å². The van der Waals surface area contributed by atoms with Crippen molar-refractivity contribution in [1.82, 2.24) is 4.98 Å². The number of fused-ring (bicyclic) bond motifs is 2. The number of benzene rings is 2. The van der Waals surface area contributed by atoms with Gasteiger partial charge in [-0.25, -0.2) is 13.4 Å². The van der Waals surface area contributed by atoms with E-state index in [0.29, 0.717) is 17.3 Å². The monoisotopic (exact) mass is 409 g/mol. The lowest BCUT2D eigenvalue weighted by molar-refractivity contribution is 0.0992. The lowest BCUT2D eigenvalue weighted by Crippen LogP contribution is -2.26. The van der Waals surface area contributed by atoms with Crippen LogP contribution in [0.3, 0.4) is 0 Å². The van der Waals surface area contributed by atoms with E-state index < -0.39 is 15.9 Å². The van der Waals surface area contributed by atoms with E-state index in [4.69, 9.17) is 4.74 Å². The van der Waals surface area contributed by atoms with Crippen molar-refractivity contribution in [2.75, 3.05) is 16.7 Å². The third-order valence-electron chi connectivity index (χ3n) is 4.56. The van der Waals surface area contributed by atoms with Gasteiger partial charge in [-0.05, 0) is 67.4 Å². The summed E-state index contributed by atoms with van der Waals surface area (Å²) in [7, 11) is -2.32. The van der Waals surface area contributed by atoms with Gasteiger partial charge in [0.2, 0.25) is 0 Å². The first-order valence-electron chi connectivity index (χ1n) is 8.91. The van der Waals surface area contributed by atoms with E-state index in [-0.39, 0.29) is 16.2 Å². The van der Waals surface area contributed by atoms with E-state index in [0.717, 1.165) is 11.1 Å². The van der Waals surface area contributed by atoms with Crippen molar-refractivity contribution >= 4 is 27.4 Å². The summed E-state index contributed by atoms with van der Waals surface area (Å²) < 4.78 is 34.2. The molecule has 0 aliphatic carbocycles. The molecule has 4 rings (SSSR count). The molecule has 148 valence electrons. The highest BCUT2D eigenvalue weighted by atomic mass is 32.2. The number of carbonyl (C=O) groups excluding carboxylic acids is 1. The molecule has 2 aromatic carbocycles. The molecule has 1 aromatic heterocycles. The van der Waals surface area contributed by atoms with E-state index in [9.17, 15) is 13.2 Å². The summed E-state index contributed by atoms with van der Waals surface area (Å²) in [6.07, 6.45) is 1.56. The second-order valence-electron chi connectivity index (χ2n) is 6.93. The summed E-state index contributed by atoms with van der Waals surface area (Å²) in [6.45, 7) is 3.79. The van der Waals surface area contributed by atoms with Crippen LogP contribution in [0.15, 0.2) is 59.6 Å². The van der Waals surface area contributed by atoms with E-state index in [1.807, 2.05) is 19.9 Å². The molecule has 1 aliphatic rings. The Morgan fingerprint density at radius 2 is 1.72 bits per heavy atom. The molecule has 0 bridgehead atoms. The third-order valence-corrected chi connectivity index (χ3v) is 5.94. The van der Waals surface area contributed by atoms with Crippen LogP contribution in [0.5, 0.6) is 11.5 Å². The maximum Gasteiger partial charge on any atom is 0.263 e. The summed E-state index contributed by atoms with van der Waals surface area (Å²) >= 11 is 0. The van der Waals surface area contributed by atoms with Crippen molar-refractivity contribution < 1.29 is 17.9 Å². The number of aryl methyl sites for hydroxylation is 2. The van der Waals surface area contributed by atoms with E-state index in [1.165, 1.54) is 23.1 Å². The molecule has 3 aromatic rings. The molecule has 0 saturated heterocycles. The van der Waals surface area contributed by atoms with Crippen LogP contribution in [0.4, 0.5) is 11.5 Å². The van der Waals surface area contributed by atoms with Crippen LogP contribution in [0.1, 0.15) is 21.5 Å². The lowest BCUT2D eigenvalue weighted by Gasteiger charge is -2.15. The minimum Gasteiger partial charge on any atom is -0.453 e. The van der Waals surface area contributed by atoms with Crippen LogP contribution >= 0.6 is 0 Å². The fourth-order valence-corrected chi connectivity index (χ4v) is 4.36. The average molecular weight is 409 g/mol. The standard InChI is InChI=1S/C21H19N3O4S/c1-13-9-14(2)11-15(10-13)23-29(26,27)16-6-7-18-17(12-16)21(25)24(3)20-19(28-18)5-4-8-22-20/h4-12,23H,1-3H3. The number of anilines is 2. The van der Waals surface area contributed by atoms with Crippen molar-refractivity contribution in [3.63, 3.8) is 0 Å². The summed E-state index contributed by atoms with van der Waals surface area (Å²) in [4.78, 5) is 18.4. The Morgan fingerprint density at radius 1 is 1.00 bits per heavy atom. The van der Waals surface area contributed by atoms with Crippen LogP contribution < -0.4 is 14.4 Å². The first kappa shape index (κ1) is 18.9. The Hall–Kier alpha value is -3.39. The highest BCUT2D eigenvalue weighted by Gasteiger charge is 2.28. The second-order valence-corrected chi connectivity index (χ2v) is 8.61. The molecule has 2 heterocycles. The molecule has 0 spiro atoms. The Kier molecular flexibility index (Phi) is 4.50. The number of hydrogen-bond donors (Lipinski definition) is 1. The minimum absolute atomic E-state index is 0.0281. The van der Waals surface area contributed by atoms with Gasteiger partial charge in [0, 0.05) is 18.9 Å². The number of nitrogens with one attached hydrogen (secondary N) is 1. The number of pyridine rings is 1. The molecule has 0 fully saturated rings. The number of aromatic nitrogens is 1. The number of rotatable bonds is 3. The topological polar surface area (TPSA) is 88.6 Å². The van der Waals surface area contributed by atoms with Crippen LogP contribution in [0.25, 0.3) is 0 Å². The zero-order valence-electron chi connectivity index (χ0n) is 16.1. The Bertz CT molecular complexity index is 1220. The maximum absolute atomic E-state index is 12.9. The second kappa shape index (κ2) is 6.89. The minimum atomic E-state index is -3.89. The lowest BCUT2D eigenvalue weighted by atomic mass is 10.1. The molecule has 7 nitrogen and oxygen atoms in total. The van der Waals surface area contributed by atoms with Gasteiger partial charge in [0.05, 0.1) is 10.5 Å². The van der Waals surface area contributed by atoms with Gasteiger partial charge in [-0.2, -0.15) is 0 Å². The van der Waals surface area contributed by atoms with Gasteiger partial charge in [0.15, 0.2) is 11.6 Å². The van der Waals surface area contributed by atoms with E-state index in [1.54, 1.807) is 37.5 Å². The zero-order chi connectivity index (χ0) is 20.8. The molecule has 8 heteroatoms. The molecular weight excluding hydrogens is 390 g/mol. The fraction of sp³-hybridized carbons (Fsp3) is 0.143. The smallest absolute Gasteiger partial charge is 0.263 e. The molecule has 0 unspecified atom stereocenters. The number of nitrogens with zero attached hydrogens (tertiary/aromatic N) is 2. The van der Waals surface area contributed by atoms with Crippen LogP contribution in [0, 0.1) is 13.8 Å². The number of carbonyl (C=O) groups is 1. The quantitative estimate of drug-likeness (QED) is 0.709. The van der Waals surface area contributed by atoms with Gasteiger partial charge in [-0.15, -0.1) is 0 Å². The molecule has 1 N–H and O–H groups in total. The van der Waals surface area contributed by atoms with E-state index in [2.05, 4.69) is 9.71 Å². The van der Waals surface area contributed by atoms with Crippen molar-refractivity contribution in [3.05, 3.63) is 71.4 Å². The van der Waals surface area contributed by atoms with Crippen LogP contribution in [-0.4, -0.2) is 26.4 Å². The van der Waals surface area contributed by atoms with Gasteiger partial charge in [-0.3, -0.25) is 14.4 Å². The normalized spacial score (nSPS) is 13.2. The van der Waals surface area contributed by atoms with Crippen molar-refractivity contribution in [2.24, 2.45) is 0 Å². The Balaban J connectivity index is 1.74. The first-order chi connectivity index (χ1) is 13.7. The van der Waals surface area contributed by atoms with Crippen molar-refractivity contribution in [2.45, 2.75) is 18.7 Å². The molecule has 1 amide bonds. The van der Waals surface area contributed by atoms with Crippen molar-refractivity contribution in [1.29, 1.82) is 0 Å². The Labute approximate surface area is 169 Å². The highest BCUT2D eigenvalue weighted by Crippen LogP contribution is 2.37. The number of hydrogen-bond acceptors (Lipinski definition) is 5.